The van der Waals surface area contributed by atoms with Gasteiger partial charge in [-0.05, 0) is 25.0 Å². The monoisotopic (exact) mass is 205 g/mol. The minimum atomic E-state index is 0.317. The second kappa shape index (κ2) is 4.21. The van der Waals surface area contributed by atoms with Crippen LogP contribution in [0.3, 0.4) is 0 Å². The number of aryl methyl sites for hydroxylation is 1. The van der Waals surface area contributed by atoms with Crippen LogP contribution in [0.5, 0.6) is 0 Å². The van der Waals surface area contributed by atoms with Gasteiger partial charge in [0.05, 0.1) is 5.69 Å². The molecule has 0 saturated heterocycles. The molecule has 15 heavy (non-hydrogen) atoms. The van der Waals surface area contributed by atoms with Gasteiger partial charge in [-0.2, -0.15) is 0 Å². The van der Waals surface area contributed by atoms with E-state index in [1.807, 2.05) is 30.7 Å². The molecule has 2 rings (SSSR count). The summed E-state index contributed by atoms with van der Waals surface area (Å²) in [5, 5.41) is 0. The zero-order valence-corrected chi connectivity index (χ0v) is 9.62. The van der Waals surface area contributed by atoms with Crippen LogP contribution in [0.25, 0.3) is 0 Å². The third-order valence-corrected chi connectivity index (χ3v) is 3.61. The molecule has 1 aliphatic carbocycles. The van der Waals surface area contributed by atoms with Gasteiger partial charge in [-0.1, -0.05) is 25.7 Å². The van der Waals surface area contributed by atoms with Gasteiger partial charge in [0.15, 0.2) is 5.78 Å². The van der Waals surface area contributed by atoms with Crippen molar-refractivity contribution in [2.75, 3.05) is 0 Å². The van der Waals surface area contributed by atoms with Crippen LogP contribution in [-0.2, 0) is 7.05 Å². The molecule has 1 aromatic heterocycles. The van der Waals surface area contributed by atoms with Crippen molar-refractivity contribution in [3.8, 4) is 0 Å². The summed E-state index contributed by atoms with van der Waals surface area (Å²) >= 11 is 0. The zero-order chi connectivity index (χ0) is 10.8. The fourth-order valence-electron chi connectivity index (χ4n) is 2.47. The molecule has 0 spiro atoms. The van der Waals surface area contributed by atoms with Gasteiger partial charge in [0.1, 0.15) is 0 Å². The molecular weight excluding hydrogens is 186 g/mol. The molecule has 2 nitrogen and oxygen atoms in total. The second-order valence-corrected chi connectivity index (χ2v) is 4.70. The van der Waals surface area contributed by atoms with Gasteiger partial charge in [-0.25, -0.2) is 0 Å². The Morgan fingerprint density at radius 1 is 1.40 bits per heavy atom. The molecule has 1 aliphatic rings. The minimum Gasteiger partial charge on any atom is -0.346 e. The predicted octanol–water partition coefficient (Wildman–Crippen LogP) is 3.10. The van der Waals surface area contributed by atoms with Gasteiger partial charge >= 0.3 is 0 Å². The lowest BCUT2D eigenvalue weighted by Gasteiger charge is -2.08. The van der Waals surface area contributed by atoms with E-state index in [1.54, 1.807) is 0 Å². The molecule has 0 unspecified atom stereocenters. The standard InChI is InChI=1S/C13H19NO/c1-10-7-8-12(14(10)2)13(15)9-11-5-3-4-6-11/h7-8,11H,3-6,9H2,1-2H3. The van der Waals surface area contributed by atoms with Crippen LogP contribution in [-0.4, -0.2) is 10.4 Å². The van der Waals surface area contributed by atoms with E-state index in [9.17, 15) is 4.79 Å². The topological polar surface area (TPSA) is 22.0 Å². The fourth-order valence-corrected chi connectivity index (χ4v) is 2.47. The maximum Gasteiger partial charge on any atom is 0.179 e. The lowest BCUT2D eigenvalue weighted by Crippen LogP contribution is -2.10. The molecule has 0 N–H and O–H groups in total. The molecule has 82 valence electrons. The highest BCUT2D eigenvalue weighted by atomic mass is 16.1. The van der Waals surface area contributed by atoms with Crippen molar-refractivity contribution in [3.05, 3.63) is 23.5 Å². The smallest absolute Gasteiger partial charge is 0.179 e. The van der Waals surface area contributed by atoms with Crippen LogP contribution in [0, 0.1) is 12.8 Å². The Morgan fingerprint density at radius 3 is 2.60 bits per heavy atom. The van der Waals surface area contributed by atoms with E-state index >= 15 is 0 Å². The van der Waals surface area contributed by atoms with Gasteiger partial charge in [0, 0.05) is 19.2 Å². The van der Waals surface area contributed by atoms with Crippen molar-refractivity contribution in [2.45, 2.75) is 39.0 Å². The van der Waals surface area contributed by atoms with Gasteiger partial charge in [0.25, 0.3) is 0 Å². The molecule has 2 heteroatoms. The van der Waals surface area contributed by atoms with Gasteiger partial charge < -0.3 is 4.57 Å². The van der Waals surface area contributed by atoms with Gasteiger partial charge in [0.2, 0.25) is 0 Å². The van der Waals surface area contributed by atoms with E-state index in [-0.39, 0.29) is 0 Å². The van der Waals surface area contributed by atoms with Crippen LogP contribution in [0.1, 0.15) is 48.3 Å². The zero-order valence-electron chi connectivity index (χ0n) is 9.62. The Hall–Kier alpha value is -1.05. The number of hydrogen-bond donors (Lipinski definition) is 0. The maximum atomic E-state index is 12.0. The van der Waals surface area contributed by atoms with Gasteiger partial charge in [-0.15, -0.1) is 0 Å². The number of hydrogen-bond acceptors (Lipinski definition) is 1. The summed E-state index contributed by atoms with van der Waals surface area (Å²) in [7, 11) is 1.97. The normalized spacial score (nSPS) is 17.2. The van der Waals surface area contributed by atoms with Crippen molar-refractivity contribution < 1.29 is 4.79 Å². The van der Waals surface area contributed by atoms with Crippen molar-refractivity contribution >= 4 is 5.78 Å². The Labute approximate surface area is 91.3 Å². The van der Waals surface area contributed by atoms with E-state index in [4.69, 9.17) is 0 Å². The summed E-state index contributed by atoms with van der Waals surface area (Å²) in [6.07, 6.45) is 5.86. The first-order valence-corrected chi connectivity index (χ1v) is 5.84. The van der Waals surface area contributed by atoms with Crippen molar-refractivity contribution in [1.29, 1.82) is 0 Å². The number of carbonyl (C=O) groups is 1. The highest BCUT2D eigenvalue weighted by molar-refractivity contribution is 5.95. The van der Waals surface area contributed by atoms with E-state index in [2.05, 4.69) is 0 Å². The number of Topliss-reactive ketones (excluding diaryl/α,β-unsaturated/α-hetero) is 1. The summed E-state index contributed by atoms with van der Waals surface area (Å²) in [5.74, 6) is 0.963. The Bertz CT molecular complexity index is 359. The number of carbonyl (C=O) groups excluding carboxylic acids is 1. The molecule has 1 saturated carbocycles. The Morgan fingerprint density at radius 2 is 2.07 bits per heavy atom. The molecule has 0 aliphatic heterocycles. The fraction of sp³-hybridized carbons (Fsp3) is 0.615. The van der Waals surface area contributed by atoms with E-state index < -0.39 is 0 Å². The lowest BCUT2D eigenvalue weighted by atomic mass is 10.00. The third kappa shape index (κ3) is 2.14. The Kier molecular flexibility index (Phi) is 2.94. The molecule has 1 aromatic rings. The first-order valence-electron chi connectivity index (χ1n) is 5.84. The van der Waals surface area contributed by atoms with E-state index in [0.29, 0.717) is 11.7 Å². The number of nitrogens with zero attached hydrogens (tertiary/aromatic N) is 1. The SMILES string of the molecule is Cc1ccc(C(=O)CC2CCCC2)n1C. The van der Waals surface area contributed by atoms with Crippen molar-refractivity contribution in [1.82, 2.24) is 4.57 Å². The molecule has 0 atom stereocenters. The predicted molar refractivity (Wildman–Crippen MR) is 61.1 cm³/mol. The lowest BCUT2D eigenvalue weighted by molar-refractivity contribution is 0.0954. The highest BCUT2D eigenvalue weighted by Crippen LogP contribution is 2.28. The molecule has 1 fully saturated rings. The van der Waals surface area contributed by atoms with Crippen molar-refractivity contribution in [2.24, 2.45) is 13.0 Å². The maximum absolute atomic E-state index is 12.0. The summed E-state index contributed by atoms with van der Waals surface area (Å²) in [6.45, 7) is 2.03. The molecule has 0 radical (unpaired) electrons. The largest absolute Gasteiger partial charge is 0.346 e. The third-order valence-electron chi connectivity index (χ3n) is 3.61. The summed E-state index contributed by atoms with van der Waals surface area (Å²) in [6, 6.07) is 3.97. The first kappa shape index (κ1) is 10.5. The van der Waals surface area contributed by atoms with Crippen LogP contribution in [0.4, 0.5) is 0 Å². The number of ketones is 1. The number of aromatic nitrogens is 1. The average molecular weight is 205 g/mol. The van der Waals surface area contributed by atoms with Crippen LogP contribution in [0.2, 0.25) is 0 Å². The molecule has 1 heterocycles. The van der Waals surface area contributed by atoms with E-state index in [0.717, 1.165) is 17.8 Å². The highest BCUT2D eigenvalue weighted by Gasteiger charge is 2.20. The summed E-state index contributed by atoms with van der Waals surface area (Å²) in [4.78, 5) is 12.0. The van der Waals surface area contributed by atoms with Crippen LogP contribution >= 0.6 is 0 Å². The average Bonchev–Trinajstić information content (AvgIpc) is 2.79. The minimum absolute atomic E-state index is 0.317. The molecular formula is C13H19NO. The van der Waals surface area contributed by atoms with Crippen LogP contribution in [0.15, 0.2) is 12.1 Å². The van der Waals surface area contributed by atoms with Gasteiger partial charge in [-0.3, -0.25) is 4.79 Å². The summed E-state index contributed by atoms with van der Waals surface area (Å²) in [5.41, 5.74) is 2.03. The molecule has 0 amide bonds. The second-order valence-electron chi connectivity index (χ2n) is 4.70. The molecule has 0 aromatic carbocycles. The molecule has 0 bridgehead atoms. The van der Waals surface area contributed by atoms with Crippen LogP contribution < -0.4 is 0 Å². The number of rotatable bonds is 3. The van der Waals surface area contributed by atoms with Crippen molar-refractivity contribution in [3.63, 3.8) is 0 Å². The first-order chi connectivity index (χ1) is 7.18. The summed E-state index contributed by atoms with van der Waals surface area (Å²) < 4.78 is 2.00. The Balaban J connectivity index is 2.04. The quantitative estimate of drug-likeness (QED) is 0.695. The van der Waals surface area contributed by atoms with E-state index in [1.165, 1.54) is 25.7 Å².